The molecule has 2 atom stereocenters. The topological polar surface area (TPSA) is 59.1 Å². The van der Waals surface area contributed by atoms with Crippen LogP contribution in [0.2, 0.25) is 0 Å². The van der Waals surface area contributed by atoms with Gasteiger partial charge in [-0.25, -0.2) is 9.78 Å². The summed E-state index contributed by atoms with van der Waals surface area (Å²) in [6, 6.07) is 13.8. The molecule has 0 saturated heterocycles. The highest BCUT2D eigenvalue weighted by atomic mass is 127. The number of carbonyl (C=O) groups excluding carboxylic acids is 2. The van der Waals surface area contributed by atoms with Crippen molar-refractivity contribution >= 4 is 40.1 Å². The Hall–Kier alpha value is -1.97. The molecule has 2 amide bonds. The van der Waals surface area contributed by atoms with Crippen molar-refractivity contribution < 1.29 is 19.4 Å². The van der Waals surface area contributed by atoms with E-state index < -0.39 is 6.04 Å². The van der Waals surface area contributed by atoms with Gasteiger partial charge in [0.15, 0.2) is 0 Å². The molecule has 28 heavy (non-hydrogen) atoms. The van der Waals surface area contributed by atoms with E-state index in [0.717, 1.165) is 9.13 Å². The van der Waals surface area contributed by atoms with Gasteiger partial charge in [0, 0.05) is 10.6 Å². The minimum Gasteiger partial charge on any atom is -0.317 e. The van der Waals surface area contributed by atoms with Crippen LogP contribution in [0.1, 0.15) is 35.8 Å². The standard InChI is InChI=1S/C21H23IN2O4/c1-4-27-28-13-14(2)24-19(15-8-6-5-7-9-15)21(26)23(3)18-11-10-16(22)12-17(18)20(24)25/h5-12,14,19H,4,13H2,1-3H3. The van der Waals surface area contributed by atoms with Crippen molar-refractivity contribution in [1.29, 1.82) is 0 Å². The summed E-state index contributed by atoms with van der Waals surface area (Å²) in [6.45, 7) is 4.26. The van der Waals surface area contributed by atoms with Gasteiger partial charge in [-0.1, -0.05) is 30.3 Å². The predicted octanol–water partition coefficient (Wildman–Crippen LogP) is 3.81. The summed E-state index contributed by atoms with van der Waals surface area (Å²) in [5.74, 6) is -0.365. The predicted molar refractivity (Wildman–Crippen MR) is 115 cm³/mol. The molecule has 0 N–H and O–H groups in total. The van der Waals surface area contributed by atoms with E-state index in [4.69, 9.17) is 9.78 Å². The summed E-state index contributed by atoms with van der Waals surface area (Å²) in [4.78, 5) is 40.4. The summed E-state index contributed by atoms with van der Waals surface area (Å²) < 4.78 is 0.932. The third kappa shape index (κ3) is 4.06. The Morgan fingerprint density at radius 2 is 1.82 bits per heavy atom. The molecule has 0 bridgehead atoms. The normalized spacial score (nSPS) is 18.1. The van der Waals surface area contributed by atoms with Crippen LogP contribution in [0.5, 0.6) is 0 Å². The SMILES string of the molecule is CCOOCC(C)N1C(=O)c2cc(I)ccc2N(C)C(=O)C1c1ccccc1. The van der Waals surface area contributed by atoms with Crippen LogP contribution in [-0.2, 0) is 14.6 Å². The quantitative estimate of drug-likeness (QED) is 0.265. The fourth-order valence-electron chi connectivity index (χ4n) is 3.35. The molecule has 2 unspecified atom stereocenters. The third-order valence-corrected chi connectivity index (χ3v) is 5.40. The monoisotopic (exact) mass is 494 g/mol. The minimum absolute atomic E-state index is 0.164. The Kier molecular flexibility index (Phi) is 6.69. The van der Waals surface area contributed by atoms with Crippen LogP contribution in [0.3, 0.4) is 0 Å². The largest absolute Gasteiger partial charge is 0.317 e. The molecular weight excluding hydrogens is 471 g/mol. The van der Waals surface area contributed by atoms with Crippen molar-refractivity contribution in [1.82, 2.24) is 4.90 Å². The zero-order chi connectivity index (χ0) is 20.3. The molecule has 2 aromatic carbocycles. The number of nitrogens with zero attached hydrogens (tertiary/aromatic N) is 2. The summed E-state index contributed by atoms with van der Waals surface area (Å²) in [5, 5.41) is 0. The molecule has 0 aromatic heterocycles. The molecule has 6 nitrogen and oxygen atoms in total. The third-order valence-electron chi connectivity index (χ3n) is 4.73. The van der Waals surface area contributed by atoms with Gasteiger partial charge >= 0.3 is 0 Å². The maximum atomic E-state index is 13.6. The van der Waals surface area contributed by atoms with E-state index in [9.17, 15) is 9.59 Å². The molecule has 0 fully saturated rings. The molecule has 0 saturated carbocycles. The smallest absolute Gasteiger partial charge is 0.257 e. The van der Waals surface area contributed by atoms with Crippen LogP contribution in [0.25, 0.3) is 0 Å². The van der Waals surface area contributed by atoms with E-state index in [1.807, 2.05) is 62.4 Å². The van der Waals surface area contributed by atoms with E-state index >= 15 is 0 Å². The molecule has 2 aromatic rings. The fraction of sp³-hybridized carbons (Fsp3) is 0.333. The average Bonchev–Trinajstić information content (AvgIpc) is 2.78. The maximum absolute atomic E-state index is 13.6. The number of fused-ring (bicyclic) bond motifs is 1. The van der Waals surface area contributed by atoms with Gasteiger partial charge < -0.3 is 9.80 Å². The first-order valence-electron chi connectivity index (χ1n) is 9.14. The number of carbonyl (C=O) groups is 2. The van der Waals surface area contributed by atoms with Gasteiger partial charge in [-0.05, 0) is 60.2 Å². The molecule has 148 valence electrons. The number of benzene rings is 2. The Morgan fingerprint density at radius 3 is 2.50 bits per heavy atom. The highest BCUT2D eigenvalue weighted by Gasteiger charge is 2.41. The maximum Gasteiger partial charge on any atom is 0.257 e. The number of hydrogen-bond acceptors (Lipinski definition) is 4. The lowest BCUT2D eigenvalue weighted by Gasteiger charge is -2.34. The van der Waals surface area contributed by atoms with Gasteiger partial charge in [-0.2, -0.15) is 0 Å². The van der Waals surface area contributed by atoms with E-state index in [2.05, 4.69) is 22.6 Å². The molecule has 1 aliphatic rings. The Morgan fingerprint density at radius 1 is 1.11 bits per heavy atom. The zero-order valence-electron chi connectivity index (χ0n) is 16.1. The van der Waals surface area contributed by atoms with Gasteiger partial charge in [0.25, 0.3) is 11.8 Å². The van der Waals surface area contributed by atoms with Gasteiger partial charge in [0.1, 0.15) is 12.6 Å². The lowest BCUT2D eigenvalue weighted by Crippen LogP contribution is -2.47. The van der Waals surface area contributed by atoms with Crippen LogP contribution < -0.4 is 4.90 Å². The lowest BCUT2D eigenvalue weighted by atomic mass is 10.0. The van der Waals surface area contributed by atoms with Gasteiger partial charge in [-0.15, -0.1) is 0 Å². The van der Waals surface area contributed by atoms with Crippen molar-refractivity contribution in [2.45, 2.75) is 25.9 Å². The molecule has 3 rings (SSSR count). The van der Waals surface area contributed by atoms with Gasteiger partial charge in [-0.3, -0.25) is 9.59 Å². The Labute approximate surface area is 178 Å². The van der Waals surface area contributed by atoms with Gasteiger partial charge in [0.2, 0.25) is 0 Å². The Balaban J connectivity index is 2.11. The lowest BCUT2D eigenvalue weighted by molar-refractivity contribution is -0.296. The molecule has 1 aliphatic heterocycles. The number of rotatable bonds is 6. The first-order chi connectivity index (χ1) is 13.5. The summed E-state index contributed by atoms with van der Waals surface area (Å²) >= 11 is 2.17. The minimum atomic E-state index is -0.746. The molecule has 0 spiro atoms. The number of amides is 2. The summed E-state index contributed by atoms with van der Waals surface area (Å²) in [5.41, 5.74) is 1.87. The first kappa shape index (κ1) is 20.8. The van der Waals surface area contributed by atoms with Crippen molar-refractivity contribution in [3.63, 3.8) is 0 Å². The van der Waals surface area contributed by atoms with Crippen LogP contribution in [0.4, 0.5) is 5.69 Å². The number of anilines is 1. The number of halogens is 1. The molecule has 0 radical (unpaired) electrons. The second kappa shape index (κ2) is 9.02. The summed E-state index contributed by atoms with van der Waals surface area (Å²) in [6.07, 6.45) is 0. The van der Waals surface area contributed by atoms with Crippen molar-refractivity contribution in [2.75, 3.05) is 25.2 Å². The van der Waals surface area contributed by atoms with Crippen LogP contribution >= 0.6 is 22.6 Å². The molecule has 7 heteroatoms. The van der Waals surface area contributed by atoms with Crippen LogP contribution in [0.15, 0.2) is 48.5 Å². The molecule has 1 heterocycles. The number of likely N-dealkylation sites (N-methyl/N-ethyl adjacent to an activating group) is 1. The second-order valence-electron chi connectivity index (χ2n) is 6.62. The molecule has 0 aliphatic carbocycles. The van der Waals surface area contributed by atoms with E-state index in [1.165, 1.54) is 0 Å². The highest BCUT2D eigenvalue weighted by Crippen LogP contribution is 2.35. The van der Waals surface area contributed by atoms with Gasteiger partial charge in [0.05, 0.1) is 23.9 Å². The summed E-state index contributed by atoms with van der Waals surface area (Å²) in [7, 11) is 1.71. The fourth-order valence-corrected chi connectivity index (χ4v) is 3.84. The number of hydrogen-bond donors (Lipinski definition) is 0. The first-order valence-corrected chi connectivity index (χ1v) is 10.2. The van der Waals surface area contributed by atoms with E-state index in [-0.39, 0.29) is 24.5 Å². The van der Waals surface area contributed by atoms with E-state index in [1.54, 1.807) is 16.8 Å². The highest BCUT2D eigenvalue weighted by molar-refractivity contribution is 14.1. The van der Waals surface area contributed by atoms with Crippen LogP contribution in [0, 0.1) is 3.57 Å². The zero-order valence-corrected chi connectivity index (χ0v) is 18.3. The average molecular weight is 494 g/mol. The van der Waals surface area contributed by atoms with Crippen molar-refractivity contribution in [3.8, 4) is 0 Å². The van der Waals surface area contributed by atoms with Crippen LogP contribution in [-0.4, -0.2) is 43.0 Å². The second-order valence-corrected chi connectivity index (χ2v) is 7.87. The van der Waals surface area contributed by atoms with Crippen molar-refractivity contribution in [3.05, 3.63) is 63.2 Å². The Bertz CT molecular complexity index is 859. The molecular formula is C21H23IN2O4. The van der Waals surface area contributed by atoms with Crippen molar-refractivity contribution in [2.24, 2.45) is 0 Å². The van der Waals surface area contributed by atoms with E-state index in [0.29, 0.717) is 17.9 Å².